The molecule has 0 radical (unpaired) electrons. The molecule has 1 fully saturated rings. The maximum atomic E-state index is 5.71. The highest BCUT2D eigenvalue weighted by Crippen LogP contribution is 2.26. The molecule has 24 heavy (non-hydrogen) atoms. The van der Waals surface area contributed by atoms with Gasteiger partial charge < -0.3 is 9.73 Å². The summed E-state index contributed by atoms with van der Waals surface area (Å²) >= 11 is 0. The van der Waals surface area contributed by atoms with Gasteiger partial charge >= 0.3 is 0 Å². The molecule has 124 valence electrons. The molecule has 3 heterocycles. The van der Waals surface area contributed by atoms with Crippen molar-refractivity contribution >= 4 is 16.7 Å². The number of nitrogens with zero attached hydrogens (tertiary/aromatic N) is 3. The Morgan fingerprint density at radius 3 is 2.75 bits per heavy atom. The number of nitrogens with one attached hydrogen (secondary N) is 1. The van der Waals surface area contributed by atoms with Crippen LogP contribution in [0.25, 0.3) is 10.9 Å². The molecule has 0 unspecified atom stereocenters. The SMILES string of the molecule is c1coc([C@H](CNc2ncnc3ccccc23)N2CCCCC2)c1. The van der Waals surface area contributed by atoms with Crippen LogP contribution in [0.1, 0.15) is 31.1 Å². The van der Waals surface area contributed by atoms with Gasteiger partial charge in [0.1, 0.15) is 17.9 Å². The largest absolute Gasteiger partial charge is 0.468 e. The molecule has 2 aromatic heterocycles. The quantitative estimate of drug-likeness (QED) is 0.773. The summed E-state index contributed by atoms with van der Waals surface area (Å²) in [6, 6.07) is 12.3. The molecule has 5 heteroatoms. The summed E-state index contributed by atoms with van der Waals surface area (Å²) in [7, 11) is 0. The number of hydrogen-bond donors (Lipinski definition) is 1. The Morgan fingerprint density at radius 2 is 1.92 bits per heavy atom. The van der Waals surface area contributed by atoms with Crippen molar-refractivity contribution in [2.75, 3.05) is 25.0 Å². The summed E-state index contributed by atoms with van der Waals surface area (Å²) in [5.41, 5.74) is 0.961. The third kappa shape index (κ3) is 3.12. The Morgan fingerprint density at radius 1 is 1.04 bits per heavy atom. The second-order valence-electron chi connectivity index (χ2n) is 6.25. The van der Waals surface area contributed by atoms with E-state index in [9.17, 15) is 0 Å². The van der Waals surface area contributed by atoms with E-state index in [1.807, 2.05) is 24.3 Å². The predicted octanol–water partition coefficient (Wildman–Crippen LogP) is 3.86. The van der Waals surface area contributed by atoms with E-state index in [0.717, 1.165) is 42.1 Å². The van der Waals surface area contributed by atoms with E-state index < -0.39 is 0 Å². The van der Waals surface area contributed by atoms with Gasteiger partial charge in [-0.2, -0.15) is 0 Å². The van der Waals surface area contributed by atoms with Crippen molar-refractivity contribution in [2.24, 2.45) is 0 Å². The first kappa shape index (κ1) is 15.1. The molecule has 1 aliphatic rings. The van der Waals surface area contributed by atoms with Gasteiger partial charge in [-0.15, -0.1) is 0 Å². The molecular formula is C19H22N4O. The summed E-state index contributed by atoms with van der Waals surface area (Å²) < 4.78 is 5.71. The van der Waals surface area contributed by atoms with Crippen molar-refractivity contribution < 1.29 is 4.42 Å². The van der Waals surface area contributed by atoms with Gasteiger partial charge in [0.2, 0.25) is 0 Å². The molecular weight excluding hydrogens is 300 g/mol. The molecule has 1 aromatic carbocycles. The number of fused-ring (bicyclic) bond motifs is 1. The highest BCUT2D eigenvalue weighted by Gasteiger charge is 2.24. The summed E-state index contributed by atoms with van der Waals surface area (Å²) in [5, 5.41) is 4.57. The lowest BCUT2D eigenvalue weighted by Crippen LogP contribution is -2.37. The van der Waals surface area contributed by atoms with Crippen molar-refractivity contribution in [2.45, 2.75) is 25.3 Å². The summed E-state index contributed by atoms with van der Waals surface area (Å²) in [4.78, 5) is 11.3. The molecule has 1 N–H and O–H groups in total. The van der Waals surface area contributed by atoms with Crippen LogP contribution in [0.4, 0.5) is 5.82 Å². The Hall–Kier alpha value is -2.40. The Balaban J connectivity index is 1.56. The van der Waals surface area contributed by atoms with Crippen molar-refractivity contribution in [3.8, 4) is 0 Å². The number of anilines is 1. The Kier molecular flexibility index (Phi) is 4.42. The highest BCUT2D eigenvalue weighted by atomic mass is 16.3. The number of piperidine rings is 1. The van der Waals surface area contributed by atoms with Crippen LogP contribution in [0, 0.1) is 0 Å². The number of benzene rings is 1. The molecule has 1 atom stereocenters. The normalized spacial score (nSPS) is 17.0. The van der Waals surface area contributed by atoms with E-state index in [2.05, 4.69) is 32.3 Å². The molecule has 0 spiro atoms. The van der Waals surface area contributed by atoms with Crippen LogP contribution >= 0.6 is 0 Å². The molecule has 3 aromatic rings. The summed E-state index contributed by atoms with van der Waals surface area (Å²) in [5.74, 6) is 1.90. The van der Waals surface area contributed by atoms with E-state index in [0.29, 0.717) is 0 Å². The Bertz CT molecular complexity index is 776. The van der Waals surface area contributed by atoms with Gasteiger partial charge in [0.25, 0.3) is 0 Å². The number of furan rings is 1. The minimum absolute atomic E-state index is 0.231. The van der Waals surface area contributed by atoms with Gasteiger partial charge in [-0.1, -0.05) is 18.6 Å². The molecule has 0 aliphatic carbocycles. The van der Waals surface area contributed by atoms with E-state index in [1.54, 1.807) is 12.6 Å². The lowest BCUT2D eigenvalue weighted by molar-refractivity contribution is 0.153. The van der Waals surface area contributed by atoms with Crippen LogP contribution in [-0.4, -0.2) is 34.5 Å². The monoisotopic (exact) mass is 322 g/mol. The fourth-order valence-corrected chi connectivity index (χ4v) is 3.46. The first-order valence-corrected chi connectivity index (χ1v) is 8.63. The van der Waals surface area contributed by atoms with Gasteiger partial charge in [-0.05, 0) is 50.2 Å². The number of para-hydroxylation sites is 1. The van der Waals surface area contributed by atoms with Gasteiger partial charge in [0.15, 0.2) is 0 Å². The first-order chi connectivity index (χ1) is 11.9. The second kappa shape index (κ2) is 7.01. The zero-order valence-corrected chi connectivity index (χ0v) is 13.7. The van der Waals surface area contributed by atoms with Gasteiger partial charge in [0.05, 0.1) is 17.8 Å². The van der Waals surface area contributed by atoms with Crippen LogP contribution in [0.15, 0.2) is 53.4 Å². The molecule has 0 amide bonds. The van der Waals surface area contributed by atoms with E-state index >= 15 is 0 Å². The third-order valence-corrected chi connectivity index (χ3v) is 4.71. The van der Waals surface area contributed by atoms with E-state index in [1.165, 1.54) is 19.3 Å². The maximum absolute atomic E-state index is 5.71. The molecule has 1 saturated heterocycles. The first-order valence-electron chi connectivity index (χ1n) is 8.63. The number of rotatable bonds is 5. The fourth-order valence-electron chi connectivity index (χ4n) is 3.46. The summed E-state index contributed by atoms with van der Waals surface area (Å²) in [6.07, 6.45) is 7.21. The number of aromatic nitrogens is 2. The second-order valence-corrected chi connectivity index (χ2v) is 6.25. The van der Waals surface area contributed by atoms with Crippen molar-refractivity contribution in [1.29, 1.82) is 0 Å². The zero-order valence-electron chi connectivity index (χ0n) is 13.7. The van der Waals surface area contributed by atoms with Gasteiger partial charge in [-0.3, -0.25) is 4.90 Å². The van der Waals surface area contributed by atoms with Crippen LogP contribution in [0.3, 0.4) is 0 Å². The topological polar surface area (TPSA) is 54.2 Å². The molecule has 0 bridgehead atoms. The van der Waals surface area contributed by atoms with Crippen LogP contribution < -0.4 is 5.32 Å². The van der Waals surface area contributed by atoms with Crippen LogP contribution in [0.2, 0.25) is 0 Å². The van der Waals surface area contributed by atoms with Gasteiger partial charge in [-0.25, -0.2) is 9.97 Å². The predicted molar refractivity (Wildman–Crippen MR) is 94.9 cm³/mol. The van der Waals surface area contributed by atoms with E-state index in [-0.39, 0.29) is 6.04 Å². The molecule has 1 aliphatic heterocycles. The Labute approximate surface area is 141 Å². The lowest BCUT2D eigenvalue weighted by Gasteiger charge is -2.33. The third-order valence-electron chi connectivity index (χ3n) is 4.71. The fraction of sp³-hybridized carbons (Fsp3) is 0.368. The number of hydrogen-bond acceptors (Lipinski definition) is 5. The lowest BCUT2D eigenvalue weighted by atomic mass is 10.1. The minimum Gasteiger partial charge on any atom is -0.468 e. The van der Waals surface area contributed by atoms with Crippen LogP contribution in [0.5, 0.6) is 0 Å². The summed E-state index contributed by atoms with van der Waals surface area (Å²) in [6.45, 7) is 3.02. The van der Waals surface area contributed by atoms with Crippen molar-refractivity contribution in [3.05, 3.63) is 54.7 Å². The minimum atomic E-state index is 0.231. The highest BCUT2D eigenvalue weighted by molar-refractivity contribution is 5.88. The molecule has 0 saturated carbocycles. The molecule has 5 nitrogen and oxygen atoms in total. The van der Waals surface area contributed by atoms with Crippen molar-refractivity contribution in [3.63, 3.8) is 0 Å². The standard InChI is InChI=1S/C19H22N4O/c1-4-10-23(11-5-1)17(18-9-6-12-24-18)13-20-19-15-7-2-3-8-16(15)21-14-22-19/h2-3,6-9,12,14,17H,1,4-5,10-11,13H2,(H,20,21,22)/t17-/m0/s1. The van der Waals surface area contributed by atoms with Crippen LogP contribution in [-0.2, 0) is 0 Å². The zero-order chi connectivity index (χ0) is 16.2. The average Bonchev–Trinajstić information content (AvgIpc) is 3.17. The number of likely N-dealkylation sites (tertiary alicyclic amines) is 1. The maximum Gasteiger partial charge on any atom is 0.137 e. The van der Waals surface area contributed by atoms with E-state index in [4.69, 9.17) is 4.42 Å². The smallest absolute Gasteiger partial charge is 0.137 e. The van der Waals surface area contributed by atoms with Crippen molar-refractivity contribution in [1.82, 2.24) is 14.9 Å². The van der Waals surface area contributed by atoms with Gasteiger partial charge in [0, 0.05) is 11.9 Å². The molecule has 4 rings (SSSR count). The average molecular weight is 322 g/mol.